The van der Waals surface area contributed by atoms with Gasteiger partial charge in [-0.15, -0.1) is 0 Å². The molecule has 0 saturated heterocycles. The van der Waals surface area contributed by atoms with Crippen molar-refractivity contribution in [1.82, 2.24) is 0 Å². The SMILES string of the molecule is C=CC(=O)[O][Re]. The maximum atomic E-state index is 9.85. The number of hydrogen-bond donors (Lipinski definition) is 0. The molecule has 0 aliphatic rings. The summed E-state index contributed by atoms with van der Waals surface area (Å²) >= 11 is 0.970. The first-order valence-electron chi connectivity index (χ1n) is 1.26. The molecule has 0 aromatic rings. The van der Waals surface area contributed by atoms with Crippen LogP contribution in [0.25, 0.3) is 0 Å². The van der Waals surface area contributed by atoms with Crippen LogP contribution in [0.2, 0.25) is 0 Å². The van der Waals surface area contributed by atoms with Crippen LogP contribution in [0.1, 0.15) is 0 Å². The zero-order chi connectivity index (χ0) is 4.99. The molecular weight excluding hydrogens is 254 g/mol. The first kappa shape index (κ1) is 5.87. The third-order valence-electron chi connectivity index (χ3n) is 0.243. The topological polar surface area (TPSA) is 26.3 Å². The average Bonchev–Trinajstić information content (AvgIpc) is 1.65. The minimum absolute atomic E-state index is 0.369. The fraction of sp³-hybridized carbons (Fsp3) is 0. The van der Waals surface area contributed by atoms with Gasteiger partial charge in [0.05, 0.1) is 0 Å². The molecule has 0 amide bonds. The Morgan fingerprint density at radius 1 is 2.00 bits per heavy atom. The van der Waals surface area contributed by atoms with Crippen LogP contribution in [0, 0.1) is 0 Å². The van der Waals surface area contributed by atoms with Crippen LogP contribution in [0.4, 0.5) is 0 Å². The van der Waals surface area contributed by atoms with Crippen molar-refractivity contribution < 1.29 is 27.8 Å². The quantitative estimate of drug-likeness (QED) is 0.626. The molecule has 0 aromatic heterocycles. The van der Waals surface area contributed by atoms with E-state index in [9.17, 15) is 4.79 Å². The molecule has 0 N–H and O–H groups in total. The van der Waals surface area contributed by atoms with Gasteiger partial charge in [0.2, 0.25) is 0 Å². The van der Waals surface area contributed by atoms with Crippen LogP contribution in [0.15, 0.2) is 12.7 Å². The van der Waals surface area contributed by atoms with E-state index in [4.69, 9.17) is 0 Å². The summed E-state index contributed by atoms with van der Waals surface area (Å²) in [6.45, 7) is 3.17. The van der Waals surface area contributed by atoms with Crippen molar-refractivity contribution in [2.24, 2.45) is 0 Å². The van der Waals surface area contributed by atoms with Gasteiger partial charge in [-0.3, -0.25) is 0 Å². The van der Waals surface area contributed by atoms with Gasteiger partial charge >= 0.3 is 46.5 Å². The first-order chi connectivity index (χ1) is 2.81. The zero-order valence-electron chi connectivity index (χ0n) is 2.98. The van der Waals surface area contributed by atoms with Crippen molar-refractivity contribution in [3.63, 3.8) is 0 Å². The third kappa shape index (κ3) is 2.13. The van der Waals surface area contributed by atoms with E-state index < -0.39 is 0 Å². The molecule has 0 rings (SSSR count). The molecule has 0 bridgehead atoms. The van der Waals surface area contributed by atoms with Crippen LogP contribution in [0.3, 0.4) is 0 Å². The van der Waals surface area contributed by atoms with Gasteiger partial charge in [0.15, 0.2) is 0 Å². The third-order valence-corrected chi connectivity index (χ3v) is 0.789. The van der Waals surface area contributed by atoms with Crippen molar-refractivity contribution in [1.29, 1.82) is 0 Å². The van der Waals surface area contributed by atoms with E-state index in [1.54, 1.807) is 0 Å². The summed E-state index contributed by atoms with van der Waals surface area (Å²) in [6, 6.07) is 0. The molecule has 0 aromatic carbocycles. The van der Waals surface area contributed by atoms with E-state index in [1.807, 2.05) is 0 Å². The molecule has 0 atom stereocenters. The summed E-state index contributed by atoms with van der Waals surface area (Å²) in [5.41, 5.74) is 0. The summed E-state index contributed by atoms with van der Waals surface area (Å²) in [5, 5.41) is 0. The van der Waals surface area contributed by atoms with Crippen LogP contribution >= 0.6 is 0 Å². The summed E-state index contributed by atoms with van der Waals surface area (Å²) in [6.07, 6.45) is 1.12. The summed E-state index contributed by atoms with van der Waals surface area (Å²) < 4.78 is 4.20. The predicted molar refractivity (Wildman–Crippen MR) is 16.3 cm³/mol. The molecule has 0 saturated carbocycles. The number of carbonyl (C=O) groups excluding carboxylic acids is 1. The van der Waals surface area contributed by atoms with Crippen molar-refractivity contribution >= 4 is 5.97 Å². The zero-order valence-corrected chi connectivity index (χ0v) is 5.69. The maximum absolute atomic E-state index is 9.85. The Morgan fingerprint density at radius 3 is 2.50 bits per heavy atom. The monoisotopic (exact) mass is 258 g/mol. The van der Waals surface area contributed by atoms with E-state index in [1.165, 1.54) is 0 Å². The van der Waals surface area contributed by atoms with Crippen LogP contribution in [-0.2, 0) is 27.8 Å². The second kappa shape index (κ2) is 3.08. The van der Waals surface area contributed by atoms with E-state index in [0.717, 1.165) is 25.7 Å². The van der Waals surface area contributed by atoms with E-state index >= 15 is 0 Å². The number of rotatable bonds is 1. The number of carbonyl (C=O) groups is 1. The Labute approximate surface area is 47.0 Å². The van der Waals surface area contributed by atoms with Crippen molar-refractivity contribution in [2.45, 2.75) is 0 Å². The van der Waals surface area contributed by atoms with E-state index in [-0.39, 0.29) is 5.97 Å². The van der Waals surface area contributed by atoms with Crippen molar-refractivity contribution in [3.8, 4) is 0 Å². The van der Waals surface area contributed by atoms with Gasteiger partial charge in [0.25, 0.3) is 0 Å². The molecule has 0 unspecified atom stereocenters. The predicted octanol–water partition coefficient (Wildman–Crippen LogP) is 0.177. The van der Waals surface area contributed by atoms with Crippen LogP contribution in [-0.4, -0.2) is 5.97 Å². The molecule has 0 aliphatic carbocycles. The molecular formula is C3H3O2Re. The Morgan fingerprint density at radius 2 is 2.50 bits per heavy atom. The molecule has 0 radical (unpaired) electrons. The second-order valence-electron chi connectivity index (χ2n) is 0.600. The molecule has 0 aliphatic heterocycles. The molecule has 0 fully saturated rings. The average molecular weight is 257 g/mol. The second-order valence-corrected chi connectivity index (χ2v) is 1.15. The van der Waals surface area contributed by atoms with Gasteiger partial charge in [-0.2, -0.15) is 0 Å². The molecule has 0 spiro atoms. The fourth-order valence-electron chi connectivity index (χ4n) is 0.0315. The van der Waals surface area contributed by atoms with Crippen LogP contribution in [0.5, 0.6) is 0 Å². The standard InChI is InChI=1S/C3H4O2.Re/c1-2-3(4)5;/h2H,1H2,(H,4,5);/q;+1/p-1. The summed E-state index contributed by atoms with van der Waals surface area (Å²) in [7, 11) is 0. The number of hydrogen-bond acceptors (Lipinski definition) is 2. The molecule has 3 heteroatoms. The van der Waals surface area contributed by atoms with Crippen molar-refractivity contribution in [2.75, 3.05) is 0 Å². The Kier molecular flexibility index (Phi) is 3.01. The Balaban J connectivity index is 3.23. The Hall–Kier alpha value is -0.128. The van der Waals surface area contributed by atoms with Gasteiger partial charge in [-0.25, -0.2) is 0 Å². The summed E-state index contributed by atoms with van der Waals surface area (Å²) in [4.78, 5) is 9.85. The van der Waals surface area contributed by atoms with Gasteiger partial charge in [-0.05, 0) is 0 Å². The van der Waals surface area contributed by atoms with Gasteiger partial charge in [0.1, 0.15) is 0 Å². The fourth-order valence-corrected chi connectivity index (χ4v) is 0.258. The van der Waals surface area contributed by atoms with Gasteiger partial charge in [-0.1, -0.05) is 0 Å². The van der Waals surface area contributed by atoms with Gasteiger partial charge in [0, 0.05) is 0 Å². The normalized spacial score (nSPS) is 6.83. The van der Waals surface area contributed by atoms with Gasteiger partial charge < -0.3 is 0 Å². The Bertz CT molecular complexity index is 69.2. The minimum atomic E-state index is -0.369. The molecule has 0 heterocycles. The van der Waals surface area contributed by atoms with Crippen LogP contribution < -0.4 is 0 Å². The first-order valence-corrected chi connectivity index (χ1v) is 2.37. The summed E-state index contributed by atoms with van der Waals surface area (Å²) in [5.74, 6) is -0.369. The molecule has 34 valence electrons. The van der Waals surface area contributed by atoms with E-state index in [0.29, 0.717) is 0 Å². The van der Waals surface area contributed by atoms with E-state index in [2.05, 4.69) is 10.0 Å². The molecule has 2 nitrogen and oxygen atoms in total. The van der Waals surface area contributed by atoms with Crippen molar-refractivity contribution in [3.05, 3.63) is 12.7 Å². The molecule has 6 heavy (non-hydrogen) atoms.